The summed E-state index contributed by atoms with van der Waals surface area (Å²) in [5.41, 5.74) is 1.40. The minimum Gasteiger partial charge on any atom is -0.290 e. The molecule has 0 aliphatic rings. The minimum absolute atomic E-state index is 0.203. The van der Waals surface area contributed by atoms with E-state index in [1.54, 1.807) is 5.48 Å². The maximum atomic E-state index is 12.2. The zero-order chi connectivity index (χ0) is 11.5. The lowest BCUT2D eigenvalue weighted by atomic mass is 10.2. The van der Waals surface area contributed by atoms with Gasteiger partial charge in [-0.1, -0.05) is 0 Å². The normalized spacial score (nSPS) is 12.7. The highest BCUT2D eigenvalue weighted by Gasteiger charge is 2.29. The van der Waals surface area contributed by atoms with Crippen molar-refractivity contribution in [1.82, 2.24) is 5.48 Å². The topological polar surface area (TPSA) is 44.6 Å². The third kappa shape index (κ3) is 3.25. The fourth-order valence-electron chi connectivity index (χ4n) is 0.944. The largest absolute Gasteiger partial charge is 0.416 e. The first-order valence-electron chi connectivity index (χ1n) is 4.06. The molecule has 82 valence electrons. The molecule has 2 N–H and O–H groups in total. The van der Waals surface area contributed by atoms with Crippen LogP contribution in [0.25, 0.3) is 0 Å². The molecule has 0 unspecified atom stereocenters. The summed E-state index contributed by atoms with van der Waals surface area (Å²) in [6.07, 6.45) is -4.34. The molecule has 1 aromatic carbocycles. The number of hydrogen-bond acceptors (Lipinski definition) is 2. The van der Waals surface area contributed by atoms with Crippen molar-refractivity contribution >= 4 is 11.5 Å². The van der Waals surface area contributed by atoms with Gasteiger partial charge in [-0.05, 0) is 31.2 Å². The van der Waals surface area contributed by atoms with Gasteiger partial charge in [-0.15, -0.1) is 0 Å². The van der Waals surface area contributed by atoms with Gasteiger partial charge in [-0.3, -0.25) is 10.7 Å². The number of alkyl halides is 3. The summed E-state index contributed by atoms with van der Waals surface area (Å²) < 4.78 is 36.5. The first kappa shape index (κ1) is 11.5. The molecule has 0 atom stereocenters. The SMILES string of the molecule is CC(=Nc1ccc(C(F)(F)F)cc1)NO. The molecule has 0 amide bonds. The Kier molecular flexibility index (Phi) is 3.31. The van der Waals surface area contributed by atoms with Gasteiger partial charge in [0.2, 0.25) is 0 Å². The molecule has 0 heterocycles. The van der Waals surface area contributed by atoms with Crippen LogP contribution in [0.15, 0.2) is 29.3 Å². The zero-order valence-corrected chi connectivity index (χ0v) is 7.84. The maximum absolute atomic E-state index is 12.2. The summed E-state index contributed by atoms with van der Waals surface area (Å²) in [6, 6.07) is 4.32. The second-order valence-corrected chi connectivity index (χ2v) is 2.85. The molecular formula is C9H9F3N2O. The highest BCUT2D eigenvalue weighted by Crippen LogP contribution is 2.30. The van der Waals surface area contributed by atoms with Crippen molar-refractivity contribution in [1.29, 1.82) is 0 Å². The van der Waals surface area contributed by atoms with Gasteiger partial charge < -0.3 is 0 Å². The van der Waals surface area contributed by atoms with E-state index in [1.165, 1.54) is 19.1 Å². The van der Waals surface area contributed by atoms with Crippen LogP contribution >= 0.6 is 0 Å². The molecule has 15 heavy (non-hydrogen) atoms. The molecule has 0 radical (unpaired) electrons. The lowest BCUT2D eigenvalue weighted by Gasteiger charge is -2.06. The highest BCUT2D eigenvalue weighted by molar-refractivity contribution is 5.81. The van der Waals surface area contributed by atoms with E-state index in [0.29, 0.717) is 5.69 Å². The molecule has 0 saturated heterocycles. The summed E-state index contributed by atoms with van der Waals surface area (Å²) >= 11 is 0. The molecule has 0 saturated carbocycles. The van der Waals surface area contributed by atoms with E-state index in [1.807, 2.05) is 0 Å². The Morgan fingerprint density at radius 1 is 1.27 bits per heavy atom. The zero-order valence-electron chi connectivity index (χ0n) is 7.84. The van der Waals surface area contributed by atoms with Crippen LogP contribution in [-0.4, -0.2) is 11.0 Å². The molecule has 0 aromatic heterocycles. The molecule has 0 bridgehead atoms. The van der Waals surface area contributed by atoms with E-state index >= 15 is 0 Å². The van der Waals surface area contributed by atoms with E-state index in [4.69, 9.17) is 5.21 Å². The van der Waals surface area contributed by atoms with E-state index in [2.05, 4.69) is 4.99 Å². The second-order valence-electron chi connectivity index (χ2n) is 2.85. The Morgan fingerprint density at radius 2 is 1.80 bits per heavy atom. The van der Waals surface area contributed by atoms with Gasteiger partial charge in [-0.2, -0.15) is 13.2 Å². The van der Waals surface area contributed by atoms with Crippen molar-refractivity contribution in [3.8, 4) is 0 Å². The Labute approximate surface area is 84.2 Å². The molecule has 0 spiro atoms. The number of hydrogen-bond donors (Lipinski definition) is 2. The van der Waals surface area contributed by atoms with E-state index in [9.17, 15) is 13.2 Å². The van der Waals surface area contributed by atoms with Crippen LogP contribution in [-0.2, 0) is 6.18 Å². The van der Waals surface area contributed by atoms with Gasteiger partial charge in [0.15, 0.2) is 0 Å². The quantitative estimate of drug-likeness (QED) is 0.432. The first-order chi connectivity index (χ1) is 6.93. The minimum atomic E-state index is -4.34. The number of nitrogens with one attached hydrogen (secondary N) is 1. The smallest absolute Gasteiger partial charge is 0.290 e. The third-order valence-electron chi connectivity index (χ3n) is 1.65. The van der Waals surface area contributed by atoms with Crippen molar-refractivity contribution in [2.75, 3.05) is 0 Å². The van der Waals surface area contributed by atoms with Crippen molar-refractivity contribution < 1.29 is 18.4 Å². The second kappa shape index (κ2) is 4.31. The van der Waals surface area contributed by atoms with Gasteiger partial charge >= 0.3 is 6.18 Å². The van der Waals surface area contributed by atoms with Gasteiger partial charge in [-0.25, -0.2) is 4.99 Å². The number of aliphatic imine (C=N–C) groups is 1. The lowest BCUT2D eigenvalue weighted by molar-refractivity contribution is -0.137. The monoisotopic (exact) mass is 218 g/mol. The molecule has 1 rings (SSSR count). The number of amidine groups is 1. The Morgan fingerprint density at radius 3 is 2.20 bits per heavy atom. The molecule has 0 fully saturated rings. The van der Waals surface area contributed by atoms with Gasteiger partial charge in [0.25, 0.3) is 0 Å². The van der Waals surface area contributed by atoms with Crippen LogP contribution in [0.3, 0.4) is 0 Å². The summed E-state index contributed by atoms with van der Waals surface area (Å²) in [5, 5.41) is 8.42. The maximum Gasteiger partial charge on any atom is 0.416 e. The van der Waals surface area contributed by atoms with Crippen molar-refractivity contribution in [3.63, 3.8) is 0 Å². The van der Waals surface area contributed by atoms with E-state index < -0.39 is 11.7 Å². The Balaban J connectivity index is 2.91. The first-order valence-corrected chi connectivity index (χ1v) is 4.06. The van der Waals surface area contributed by atoms with Gasteiger partial charge in [0.05, 0.1) is 11.3 Å². The lowest BCUT2D eigenvalue weighted by Crippen LogP contribution is -2.13. The van der Waals surface area contributed by atoms with Crippen LogP contribution in [0, 0.1) is 0 Å². The van der Waals surface area contributed by atoms with Crippen molar-refractivity contribution in [2.45, 2.75) is 13.1 Å². The number of benzene rings is 1. The molecule has 3 nitrogen and oxygen atoms in total. The van der Waals surface area contributed by atoms with Crippen LogP contribution in [0.4, 0.5) is 18.9 Å². The summed E-state index contributed by atoms with van der Waals surface area (Å²) in [5.74, 6) is 0.203. The number of rotatable bonds is 1. The summed E-state index contributed by atoms with van der Waals surface area (Å²) in [4.78, 5) is 3.79. The van der Waals surface area contributed by atoms with Crippen LogP contribution < -0.4 is 5.48 Å². The van der Waals surface area contributed by atoms with Gasteiger partial charge in [0, 0.05) is 0 Å². The van der Waals surface area contributed by atoms with E-state index in [-0.39, 0.29) is 5.84 Å². The van der Waals surface area contributed by atoms with Crippen LogP contribution in [0.1, 0.15) is 12.5 Å². The number of nitrogens with zero attached hydrogens (tertiary/aromatic N) is 1. The van der Waals surface area contributed by atoms with Crippen LogP contribution in [0.5, 0.6) is 0 Å². The third-order valence-corrected chi connectivity index (χ3v) is 1.65. The van der Waals surface area contributed by atoms with E-state index in [0.717, 1.165) is 12.1 Å². The number of hydroxylamine groups is 1. The highest BCUT2D eigenvalue weighted by atomic mass is 19.4. The fourth-order valence-corrected chi connectivity index (χ4v) is 0.944. The standard InChI is InChI=1S/C9H9F3N2O/c1-6(14-15)13-8-4-2-7(3-5-8)9(10,11)12/h2-5,15H,1H3,(H,13,14). The fraction of sp³-hybridized carbons (Fsp3) is 0.222. The summed E-state index contributed by atoms with van der Waals surface area (Å²) in [6.45, 7) is 1.48. The average Bonchev–Trinajstić information content (AvgIpc) is 2.17. The molecule has 1 aromatic rings. The Bertz CT molecular complexity index is 357. The average molecular weight is 218 g/mol. The predicted octanol–water partition coefficient (Wildman–Crippen LogP) is 2.73. The van der Waals surface area contributed by atoms with Gasteiger partial charge in [0.1, 0.15) is 5.84 Å². The van der Waals surface area contributed by atoms with Crippen molar-refractivity contribution in [2.24, 2.45) is 4.99 Å². The number of halogens is 3. The molecule has 0 aliphatic carbocycles. The molecule has 0 aliphatic heterocycles. The Hall–Kier alpha value is -1.56. The van der Waals surface area contributed by atoms with Crippen molar-refractivity contribution in [3.05, 3.63) is 29.8 Å². The summed E-state index contributed by atoms with van der Waals surface area (Å²) in [7, 11) is 0. The van der Waals surface area contributed by atoms with Crippen LogP contribution in [0.2, 0.25) is 0 Å². The molecular weight excluding hydrogens is 209 g/mol. The molecule has 6 heteroatoms. The predicted molar refractivity (Wildman–Crippen MR) is 49.1 cm³/mol.